The molecule has 0 saturated carbocycles. The number of hydrogen-bond donors (Lipinski definition) is 1. The first-order chi connectivity index (χ1) is 8.49. The number of rotatable bonds is 4. The van der Waals surface area contributed by atoms with Gasteiger partial charge >= 0.3 is 12.1 Å². The van der Waals surface area contributed by atoms with Crippen LogP contribution in [0.25, 0.3) is 0 Å². The average molecular weight is 273 g/mol. The normalized spacial score (nSPS) is 21.5. The summed E-state index contributed by atoms with van der Waals surface area (Å²) in [5.74, 6) is -0.509. The van der Waals surface area contributed by atoms with Gasteiger partial charge in [0.15, 0.2) is 0 Å². The summed E-state index contributed by atoms with van der Waals surface area (Å²) in [7, 11) is 0. The second kappa shape index (κ2) is 4.89. The quantitative estimate of drug-likeness (QED) is 0.605. The van der Waals surface area contributed by atoms with Crippen LogP contribution in [0, 0.1) is 0 Å². The maximum absolute atomic E-state index is 11.4. The van der Waals surface area contributed by atoms with E-state index in [1.807, 2.05) is 0 Å². The summed E-state index contributed by atoms with van der Waals surface area (Å²) < 4.78 is 9.41. The van der Waals surface area contributed by atoms with Crippen LogP contribution in [-0.4, -0.2) is 40.0 Å². The zero-order chi connectivity index (χ0) is 13.3. The first kappa shape index (κ1) is 12.7. The second-order valence-corrected chi connectivity index (χ2v) is 5.00. The lowest BCUT2D eigenvalue weighted by atomic mass is 10.2. The van der Waals surface area contributed by atoms with Crippen LogP contribution in [0.1, 0.15) is 19.8 Å². The summed E-state index contributed by atoms with van der Waals surface area (Å²) in [4.78, 5) is 34.5. The first-order valence-corrected chi connectivity index (χ1v) is 6.13. The molecule has 0 radical (unpaired) electrons. The van der Waals surface area contributed by atoms with Crippen molar-refractivity contribution in [3.05, 3.63) is 10.8 Å². The lowest BCUT2D eigenvalue weighted by Gasteiger charge is -2.33. The Morgan fingerprint density at radius 1 is 1.56 bits per heavy atom. The Hall–Kier alpha value is -1.70. The number of nitrogens with zero attached hydrogens (tertiary/aromatic N) is 1. The molecular weight excluding hydrogens is 262 g/mol. The van der Waals surface area contributed by atoms with Gasteiger partial charge in [0.1, 0.15) is 0 Å². The Morgan fingerprint density at radius 2 is 2.28 bits per heavy atom. The lowest BCUT2D eigenvalue weighted by Crippen LogP contribution is -2.47. The Balaban J connectivity index is 2.04. The van der Waals surface area contributed by atoms with Gasteiger partial charge in [-0.05, 0) is 0 Å². The smallest absolute Gasteiger partial charge is 0.465 e. The van der Waals surface area contributed by atoms with Gasteiger partial charge in [-0.25, -0.2) is 4.79 Å². The maximum atomic E-state index is 11.4. The van der Waals surface area contributed by atoms with E-state index in [9.17, 15) is 14.4 Å². The van der Waals surface area contributed by atoms with Crippen molar-refractivity contribution in [2.75, 3.05) is 6.61 Å². The summed E-state index contributed by atoms with van der Waals surface area (Å²) in [6.45, 7) is 1.43. The predicted molar refractivity (Wildman–Crippen MR) is 60.2 cm³/mol. The molecule has 18 heavy (non-hydrogen) atoms. The Bertz CT molecular complexity index is 446. The van der Waals surface area contributed by atoms with E-state index in [4.69, 9.17) is 9.84 Å². The van der Waals surface area contributed by atoms with Crippen LogP contribution in [0.15, 0.2) is 10.8 Å². The van der Waals surface area contributed by atoms with Gasteiger partial charge < -0.3 is 14.6 Å². The van der Waals surface area contributed by atoms with Crippen molar-refractivity contribution in [1.29, 1.82) is 0 Å². The van der Waals surface area contributed by atoms with Crippen molar-refractivity contribution in [2.45, 2.75) is 25.1 Å². The molecule has 0 aromatic carbocycles. The van der Waals surface area contributed by atoms with Gasteiger partial charge in [0.05, 0.1) is 23.3 Å². The van der Waals surface area contributed by atoms with Crippen LogP contribution >= 0.6 is 11.8 Å². The van der Waals surface area contributed by atoms with Crippen LogP contribution in [-0.2, 0) is 19.1 Å². The monoisotopic (exact) mass is 273 g/mol. The molecule has 2 rings (SSSR count). The number of amides is 1. The molecule has 2 aliphatic heterocycles. The molecule has 1 saturated heterocycles. The second-order valence-electron chi connectivity index (χ2n) is 3.73. The molecule has 1 unspecified atom stereocenters. The highest BCUT2D eigenvalue weighted by atomic mass is 32.2. The van der Waals surface area contributed by atoms with Crippen molar-refractivity contribution in [1.82, 2.24) is 4.90 Å². The molecule has 1 fully saturated rings. The molecule has 0 bridgehead atoms. The number of thioether (sulfide) groups is 1. The highest BCUT2D eigenvalue weighted by Crippen LogP contribution is 2.47. The number of ether oxygens (including phenoxy) is 2. The third-order valence-electron chi connectivity index (χ3n) is 2.46. The molecule has 1 atom stereocenters. The Morgan fingerprint density at radius 3 is 2.83 bits per heavy atom. The SMILES string of the molecule is CC(=O)OCCC1=C(OC(=O)O)N2C(=O)CC2S1. The van der Waals surface area contributed by atoms with E-state index in [2.05, 4.69) is 4.74 Å². The maximum Gasteiger partial charge on any atom is 0.512 e. The van der Waals surface area contributed by atoms with Crippen LogP contribution in [0.3, 0.4) is 0 Å². The fraction of sp³-hybridized carbons (Fsp3) is 0.500. The van der Waals surface area contributed by atoms with Gasteiger partial charge in [0.2, 0.25) is 11.8 Å². The Labute approximate surface area is 107 Å². The number of fused-ring (bicyclic) bond motifs is 1. The third kappa shape index (κ3) is 2.42. The van der Waals surface area contributed by atoms with E-state index in [1.54, 1.807) is 0 Å². The van der Waals surface area contributed by atoms with Crippen LogP contribution in [0.4, 0.5) is 4.79 Å². The van der Waals surface area contributed by atoms with E-state index in [0.717, 1.165) is 0 Å². The summed E-state index contributed by atoms with van der Waals surface area (Å²) >= 11 is 1.37. The van der Waals surface area contributed by atoms with E-state index in [0.29, 0.717) is 17.7 Å². The van der Waals surface area contributed by atoms with E-state index < -0.39 is 12.1 Å². The minimum absolute atomic E-state index is 0.0564. The van der Waals surface area contributed by atoms with E-state index in [-0.39, 0.29) is 23.8 Å². The highest BCUT2D eigenvalue weighted by molar-refractivity contribution is 8.04. The third-order valence-corrected chi connectivity index (χ3v) is 3.77. The molecule has 7 nitrogen and oxygen atoms in total. The number of carboxylic acid groups (broad SMARTS) is 1. The summed E-state index contributed by atoms with van der Waals surface area (Å²) in [5, 5.41) is 8.55. The van der Waals surface area contributed by atoms with E-state index in [1.165, 1.54) is 23.6 Å². The van der Waals surface area contributed by atoms with Crippen molar-refractivity contribution in [2.24, 2.45) is 0 Å². The fourth-order valence-electron chi connectivity index (χ4n) is 1.72. The summed E-state index contributed by atoms with van der Waals surface area (Å²) in [5.41, 5.74) is 0. The molecule has 0 aromatic heterocycles. The molecule has 0 aliphatic carbocycles. The van der Waals surface area contributed by atoms with Crippen molar-refractivity contribution in [3.63, 3.8) is 0 Å². The molecular formula is C10H11NO6S. The minimum atomic E-state index is -1.46. The topological polar surface area (TPSA) is 93.1 Å². The van der Waals surface area contributed by atoms with Gasteiger partial charge in [0.25, 0.3) is 0 Å². The lowest BCUT2D eigenvalue weighted by molar-refractivity contribution is -0.142. The first-order valence-electron chi connectivity index (χ1n) is 5.25. The van der Waals surface area contributed by atoms with Crippen molar-refractivity contribution < 1.29 is 29.0 Å². The zero-order valence-corrected chi connectivity index (χ0v) is 10.4. The average Bonchev–Trinajstić information content (AvgIpc) is 2.49. The molecule has 2 heterocycles. The van der Waals surface area contributed by atoms with E-state index >= 15 is 0 Å². The number of esters is 1. The number of carbonyl (C=O) groups excluding carboxylic acids is 2. The van der Waals surface area contributed by atoms with Crippen LogP contribution in [0.5, 0.6) is 0 Å². The van der Waals surface area contributed by atoms with Gasteiger partial charge in [-0.15, -0.1) is 0 Å². The molecule has 0 aromatic rings. The predicted octanol–water partition coefficient (Wildman–Crippen LogP) is 1.11. The van der Waals surface area contributed by atoms with Crippen LogP contribution < -0.4 is 0 Å². The van der Waals surface area contributed by atoms with Gasteiger partial charge in [0, 0.05) is 13.3 Å². The number of hydrogen-bond acceptors (Lipinski definition) is 6. The molecule has 1 N–H and O–H groups in total. The standard InChI is InChI=1S/C10H11NO6S/c1-5(12)16-3-2-6-9(17-10(14)15)11-7(13)4-8(11)18-6/h8H,2-4H2,1H3,(H,14,15). The van der Waals surface area contributed by atoms with Crippen molar-refractivity contribution >= 4 is 29.8 Å². The number of carbonyl (C=O) groups is 3. The van der Waals surface area contributed by atoms with Crippen LogP contribution in [0.2, 0.25) is 0 Å². The highest BCUT2D eigenvalue weighted by Gasteiger charge is 2.47. The van der Waals surface area contributed by atoms with Crippen molar-refractivity contribution in [3.8, 4) is 0 Å². The molecule has 0 spiro atoms. The fourth-order valence-corrected chi connectivity index (χ4v) is 3.03. The summed E-state index contributed by atoms with van der Waals surface area (Å²) in [6.07, 6.45) is -0.752. The molecule has 8 heteroatoms. The number of β-lactam (4-membered cyclic amide) rings is 1. The summed E-state index contributed by atoms with van der Waals surface area (Å²) in [6, 6.07) is 0. The zero-order valence-electron chi connectivity index (χ0n) is 9.54. The molecule has 1 amide bonds. The van der Waals surface area contributed by atoms with Gasteiger partial charge in [-0.3, -0.25) is 14.5 Å². The largest absolute Gasteiger partial charge is 0.512 e. The van der Waals surface area contributed by atoms with Gasteiger partial charge in [-0.2, -0.15) is 0 Å². The molecule has 2 aliphatic rings. The van der Waals surface area contributed by atoms with Gasteiger partial charge in [-0.1, -0.05) is 11.8 Å². The molecule has 98 valence electrons. The Kier molecular flexibility index (Phi) is 3.46. The minimum Gasteiger partial charge on any atom is -0.465 e.